The van der Waals surface area contributed by atoms with Crippen LogP contribution in [0.2, 0.25) is 0 Å². The van der Waals surface area contributed by atoms with Crippen LogP contribution < -0.4 is 10.6 Å². The smallest absolute Gasteiger partial charge is 0.202 e. The summed E-state index contributed by atoms with van der Waals surface area (Å²) in [5.41, 5.74) is 2.01. The van der Waals surface area contributed by atoms with Crippen molar-refractivity contribution in [3.63, 3.8) is 0 Å². The molecular formula is C15H19FN6O3S. The van der Waals surface area contributed by atoms with Gasteiger partial charge in [0.05, 0.1) is 6.04 Å². The van der Waals surface area contributed by atoms with E-state index < -0.39 is 10.1 Å². The first-order valence-electron chi connectivity index (χ1n) is 8.17. The summed E-state index contributed by atoms with van der Waals surface area (Å²) in [5, 5.41) is 26.0. The molecule has 26 heavy (non-hydrogen) atoms. The third-order valence-corrected chi connectivity index (χ3v) is 7.53. The van der Waals surface area contributed by atoms with E-state index in [1.807, 2.05) is 0 Å². The maximum atomic E-state index is 13.4. The third kappa shape index (κ3) is 2.92. The fourth-order valence-electron chi connectivity index (χ4n) is 3.20. The number of fused-ring (bicyclic) bond motifs is 1. The number of benzene rings is 1. The monoisotopic (exact) mass is 382 g/mol. The SMILES string of the molecule is N=[SH]1(O)CCC1CNc1nonc1C(=NO)NC1Cc2ccc(F)cc21. The summed E-state index contributed by atoms with van der Waals surface area (Å²) in [5.74, 6) is 0.537. The Balaban J connectivity index is 1.45. The predicted octanol–water partition coefficient (Wildman–Crippen LogP) is 1.54. The average molecular weight is 382 g/mol. The molecule has 1 fully saturated rings. The number of oxime groups is 1. The molecule has 1 aromatic carbocycles. The van der Waals surface area contributed by atoms with E-state index in [-0.39, 0.29) is 34.5 Å². The van der Waals surface area contributed by atoms with Crippen molar-refractivity contribution in [2.45, 2.75) is 24.1 Å². The van der Waals surface area contributed by atoms with E-state index in [9.17, 15) is 14.2 Å². The van der Waals surface area contributed by atoms with Gasteiger partial charge in [-0.15, -0.1) is 10.1 Å². The molecule has 4 rings (SSSR count). The molecule has 1 aliphatic carbocycles. The van der Waals surface area contributed by atoms with Crippen LogP contribution in [0.4, 0.5) is 10.2 Å². The average Bonchev–Trinajstić information content (AvgIpc) is 3.05. The summed E-state index contributed by atoms with van der Waals surface area (Å²) in [6.07, 6.45) is 1.45. The molecule has 1 aromatic heterocycles. The molecule has 0 saturated carbocycles. The van der Waals surface area contributed by atoms with Gasteiger partial charge in [-0.25, -0.2) is 9.02 Å². The van der Waals surface area contributed by atoms with Crippen molar-refractivity contribution in [3.05, 3.63) is 40.8 Å². The van der Waals surface area contributed by atoms with Crippen LogP contribution in [0.5, 0.6) is 0 Å². The van der Waals surface area contributed by atoms with Crippen molar-refractivity contribution in [1.29, 1.82) is 4.78 Å². The van der Waals surface area contributed by atoms with Gasteiger partial charge in [0.25, 0.3) is 0 Å². The van der Waals surface area contributed by atoms with Crippen LogP contribution in [0.25, 0.3) is 0 Å². The van der Waals surface area contributed by atoms with Crippen LogP contribution >= 0.6 is 0 Å². The van der Waals surface area contributed by atoms with Gasteiger partial charge in [0, 0.05) is 17.5 Å². The Kier molecular flexibility index (Phi) is 4.11. The molecular weight excluding hydrogens is 363 g/mol. The van der Waals surface area contributed by atoms with E-state index in [4.69, 9.17) is 9.41 Å². The van der Waals surface area contributed by atoms with Crippen molar-refractivity contribution in [3.8, 4) is 0 Å². The first-order chi connectivity index (χ1) is 12.5. The topological polar surface area (TPSA) is 140 Å². The number of nitrogens with zero attached hydrogens (tertiary/aromatic N) is 3. The van der Waals surface area contributed by atoms with Crippen LogP contribution in [0.3, 0.4) is 0 Å². The fourth-order valence-corrected chi connectivity index (χ4v) is 4.70. The van der Waals surface area contributed by atoms with Gasteiger partial charge in [0.15, 0.2) is 11.5 Å². The molecule has 2 heterocycles. The first-order valence-corrected chi connectivity index (χ1v) is 10.2. The number of hydrogen-bond acceptors (Lipinski definition) is 7. The molecule has 2 aliphatic rings. The lowest BCUT2D eigenvalue weighted by atomic mass is 9.83. The second kappa shape index (κ2) is 6.32. The second-order valence-corrected chi connectivity index (χ2v) is 9.36. The molecule has 0 radical (unpaired) electrons. The van der Waals surface area contributed by atoms with E-state index in [1.54, 1.807) is 6.07 Å². The minimum absolute atomic E-state index is 0.0539. The number of rotatable bonds is 5. The number of hydrogen-bond donors (Lipinski definition) is 6. The highest BCUT2D eigenvalue weighted by Crippen LogP contribution is 2.34. The van der Waals surface area contributed by atoms with Crippen LogP contribution in [-0.4, -0.2) is 43.5 Å². The standard InChI is InChI=1S/C15H19FN6O3S/c16-9-2-1-8-5-12(11(8)6-9)19-15(20-23)13-14(22-25-21-13)18-7-10-3-4-26(10,17)24/h1-2,6,10,12,23,26H,3-5,7H2,(H2,17,24)(H,18,22)(H,19,20). The molecule has 2 unspecified atom stereocenters. The molecule has 9 nitrogen and oxygen atoms in total. The highest BCUT2D eigenvalue weighted by atomic mass is 32.3. The Bertz CT molecular complexity index is 917. The summed E-state index contributed by atoms with van der Waals surface area (Å²) in [7, 11) is -2.57. The van der Waals surface area contributed by atoms with E-state index in [0.717, 1.165) is 17.5 Å². The zero-order valence-corrected chi connectivity index (χ0v) is 14.6. The Morgan fingerprint density at radius 3 is 3.00 bits per heavy atom. The summed E-state index contributed by atoms with van der Waals surface area (Å²) in [4.78, 5) is 0. The van der Waals surface area contributed by atoms with E-state index in [2.05, 4.69) is 26.1 Å². The minimum atomic E-state index is -2.57. The lowest BCUT2D eigenvalue weighted by Gasteiger charge is -2.40. The van der Waals surface area contributed by atoms with Gasteiger partial charge < -0.3 is 20.4 Å². The quantitative estimate of drug-likeness (QED) is 0.152. The maximum Gasteiger partial charge on any atom is 0.202 e. The van der Waals surface area contributed by atoms with Crippen LogP contribution in [0.1, 0.15) is 29.3 Å². The van der Waals surface area contributed by atoms with Crippen LogP contribution in [0, 0.1) is 10.6 Å². The van der Waals surface area contributed by atoms with Crippen molar-refractivity contribution in [2.24, 2.45) is 5.16 Å². The highest BCUT2D eigenvalue weighted by Gasteiger charge is 2.32. The molecule has 5 N–H and O–H groups in total. The van der Waals surface area contributed by atoms with Crippen molar-refractivity contribution < 1.29 is 18.8 Å². The van der Waals surface area contributed by atoms with Gasteiger partial charge in [-0.2, -0.15) is 0 Å². The van der Waals surface area contributed by atoms with Gasteiger partial charge in [-0.3, -0.25) is 4.78 Å². The summed E-state index contributed by atoms with van der Waals surface area (Å²) >= 11 is 0. The van der Waals surface area contributed by atoms with Gasteiger partial charge in [-0.05, 0) is 46.4 Å². The molecule has 140 valence electrons. The van der Waals surface area contributed by atoms with Crippen molar-refractivity contribution >= 4 is 21.8 Å². The van der Waals surface area contributed by atoms with E-state index in [1.165, 1.54) is 12.1 Å². The largest absolute Gasteiger partial charge is 0.409 e. The number of thiol groups is 1. The summed E-state index contributed by atoms with van der Waals surface area (Å²) in [6.45, 7) is 0.366. The summed E-state index contributed by atoms with van der Waals surface area (Å²) in [6, 6.07) is 4.39. The molecule has 0 bridgehead atoms. The minimum Gasteiger partial charge on any atom is -0.409 e. The maximum absolute atomic E-state index is 13.4. The van der Waals surface area contributed by atoms with Crippen molar-refractivity contribution in [2.75, 3.05) is 17.6 Å². The van der Waals surface area contributed by atoms with Gasteiger partial charge in [0.2, 0.25) is 5.82 Å². The Morgan fingerprint density at radius 2 is 2.31 bits per heavy atom. The summed E-state index contributed by atoms with van der Waals surface area (Å²) < 4.78 is 35.8. The fraction of sp³-hybridized carbons (Fsp3) is 0.400. The molecule has 11 heteroatoms. The van der Waals surface area contributed by atoms with Crippen LogP contribution in [-0.2, 0) is 16.5 Å². The normalized spacial score (nSPS) is 24.8. The van der Waals surface area contributed by atoms with Gasteiger partial charge >= 0.3 is 0 Å². The van der Waals surface area contributed by atoms with Crippen molar-refractivity contribution in [1.82, 2.24) is 15.6 Å². The van der Waals surface area contributed by atoms with Gasteiger partial charge in [0.1, 0.15) is 5.82 Å². The van der Waals surface area contributed by atoms with Crippen LogP contribution in [0.15, 0.2) is 28.0 Å². The Labute approximate surface area is 149 Å². The Hall–Kier alpha value is -2.53. The predicted molar refractivity (Wildman–Crippen MR) is 94.5 cm³/mol. The lowest BCUT2D eigenvalue weighted by Crippen LogP contribution is -2.46. The molecule has 1 saturated heterocycles. The highest BCUT2D eigenvalue weighted by molar-refractivity contribution is 8.00. The zero-order chi connectivity index (χ0) is 18.3. The van der Waals surface area contributed by atoms with Gasteiger partial charge in [-0.1, -0.05) is 11.2 Å². The first kappa shape index (κ1) is 16.9. The molecule has 0 amide bonds. The Morgan fingerprint density at radius 1 is 1.46 bits per heavy atom. The number of aromatic nitrogens is 2. The van der Waals surface area contributed by atoms with E-state index >= 15 is 0 Å². The lowest BCUT2D eigenvalue weighted by molar-refractivity contribution is 0.303. The molecule has 2 atom stereocenters. The zero-order valence-electron chi connectivity index (χ0n) is 13.7. The molecule has 0 spiro atoms. The number of anilines is 1. The number of amidine groups is 1. The third-order valence-electron chi connectivity index (χ3n) is 4.94. The number of nitrogens with one attached hydrogen (secondary N) is 3. The van der Waals surface area contributed by atoms with E-state index in [0.29, 0.717) is 18.7 Å². The second-order valence-electron chi connectivity index (χ2n) is 6.53. The molecule has 2 aromatic rings. The number of halogens is 1. The molecule has 1 aliphatic heterocycles.